The SMILES string of the molecule is Nc1nc2nc3n(c2c(=O)n1CCO)CCC3. The average molecular weight is 235 g/mol. The molecule has 0 aliphatic carbocycles. The maximum Gasteiger partial charge on any atom is 0.281 e. The summed E-state index contributed by atoms with van der Waals surface area (Å²) in [6.45, 7) is 0.818. The molecule has 0 bridgehead atoms. The maximum absolute atomic E-state index is 12.2. The third-order valence-corrected chi connectivity index (χ3v) is 3.08. The van der Waals surface area contributed by atoms with Crippen LogP contribution in [-0.2, 0) is 19.5 Å². The molecule has 17 heavy (non-hydrogen) atoms. The number of nitrogens with zero attached hydrogens (tertiary/aromatic N) is 4. The highest BCUT2D eigenvalue weighted by molar-refractivity contribution is 5.72. The summed E-state index contributed by atoms with van der Waals surface area (Å²) >= 11 is 0. The fourth-order valence-electron chi connectivity index (χ4n) is 2.32. The first-order valence-corrected chi connectivity index (χ1v) is 5.58. The highest BCUT2D eigenvalue weighted by atomic mass is 16.3. The van der Waals surface area contributed by atoms with Gasteiger partial charge in [-0.25, -0.2) is 4.98 Å². The largest absolute Gasteiger partial charge is 0.395 e. The minimum absolute atomic E-state index is 0.105. The first-order valence-electron chi connectivity index (χ1n) is 5.58. The van der Waals surface area contributed by atoms with Crippen LogP contribution in [-0.4, -0.2) is 30.8 Å². The normalized spacial score (nSPS) is 14.4. The molecule has 0 fully saturated rings. The molecule has 90 valence electrons. The van der Waals surface area contributed by atoms with Crippen LogP contribution in [0.2, 0.25) is 0 Å². The standard InChI is InChI=1S/C10H13N5O2/c11-10-13-8-7(9(17)15(10)4-5-16)14-3-1-2-6(14)12-8/h16H,1-5H2,(H2,11,13). The van der Waals surface area contributed by atoms with Crippen molar-refractivity contribution in [3.8, 4) is 0 Å². The summed E-state index contributed by atoms with van der Waals surface area (Å²) in [6.07, 6.45) is 1.87. The van der Waals surface area contributed by atoms with E-state index in [1.165, 1.54) is 4.57 Å². The molecule has 3 rings (SSSR count). The van der Waals surface area contributed by atoms with Gasteiger partial charge in [-0.05, 0) is 6.42 Å². The van der Waals surface area contributed by atoms with Crippen molar-refractivity contribution in [1.82, 2.24) is 19.1 Å². The summed E-state index contributed by atoms with van der Waals surface area (Å²) in [5, 5.41) is 8.92. The van der Waals surface area contributed by atoms with Crippen molar-refractivity contribution in [2.75, 3.05) is 12.3 Å². The molecule has 0 saturated carbocycles. The van der Waals surface area contributed by atoms with E-state index >= 15 is 0 Å². The number of rotatable bonds is 2. The van der Waals surface area contributed by atoms with Crippen molar-refractivity contribution in [2.45, 2.75) is 25.9 Å². The number of aliphatic hydroxyl groups excluding tert-OH is 1. The van der Waals surface area contributed by atoms with Crippen LogP contribution in [0.5, 0.6) is 0 Å². The molecule has 1 aliphatic rings. The van der Waals surface area contributed by atoms with E-state index < -0.39 is 0 Å². The van der Waals surface area contributed by atoms with Crippen LogP contribution in [0.3, 0.4) is 0 Å². The predicted octanol–water partition coefficient (Wildman–Crippen LogP) is -0.886. The molecule has 1 aliphatic heterocycles. The Morgan fingerprint density at radius 1 is 1.41 bits per heavy atom. The predicted molar refractivity (Wildman–Crippen MR) is 61.6 cm³/mol. The number of nitrogens with two attached hydrogens (primary N) is 1. The molecule has 0 amide bonds. The topological polar surface area (TPSA) is 99.0 Å². The van der Waals surface area contributed by atoms with E-state index in [4.69, 9.17) is 10.8 Å². The fourth-order valence-corrected chi connectivity index (χ4v) is 2.32. The van der Waals surface area contributed by atoms with Crippen LogP contribution < -0.4 is 11.3 Å². The number of hydrogen-bond donors (Lipinski definition) is 2. The summed E-state index contributed by atoms with van der Waals surface area (Å²) in [7, 11) is 0. The van der Waals surface area contributed by atoms with Crippen LogP contribution in [0.4, 0.5) is 5.95 Å². The van der Waals surface area contributed by atoms with E-state index in [9.17, 15) is 4.79 Å². The molecule has 3 N–H and O–H groups in total. The molecule has 0 saturated heterocycles. The van der Waals surface area contributed by atoms with Gasteiger partial charge in [0, 0.05) is 13.0 Å². The summed E-state index contributed by atoms with van der Waals surface area (Å²) in [5.41, 5.74) is 6.38. The van der Waals surface area contributed by atoms with Gasteiger partial charge in [0.2, 0.25) is 5.95 Å². The van der Waals surface area contributed by atoms with Crippen molar-refractivity contribution in [3.05, 3.63) is 16.2 Å². The van der Waals surface area contributed by atoms with Crippen molar-refractivity contribution >= 4 is 17.1 Å². The molecule has 0 atom stereocenters. The lowest BCUT2D eigenvalue weighted by molar-refractivity contribution is 0.275. The van der Waals surface area contributed by atoms with Crippen LogP contribution in [0, 0.1) is 0 Å². The number of anilines is 1. The van der Waals surface area contributed by atoms with Gasteiger partial charge >= 0.3 is 0 Å². The van der Waals surface area contributed by atoms with Crippen molar-refractivity contribution < 1.29 is 5.11 Å². The molecule has 0 aromatic carbocycles. The van der Waals surface area contributed by atoms with Gasteiger partial charge in [0.05, 0.1) is 13.2 Å². The number of aryl methyl sites for hydroxylation is 2. The Morgan fingerprint density at radius 2 is 2.24 bits per heavy atom. The Labute approximate surface area is 96.5 Å². The van der Waals surface area contributed by atoms with Gasteiger partial charge in [0.15, 0.2) is 11.2 Å². The Balaban J connectivity index is 2.35. The molecule has 0 unspecified atom stereocenters. The van der Waals surface area contributed by atoms with Gasteiger partial charge in [-0.3, -0.25) is 9.36 Å². The number of nitrogen functional groups attached to an aromatic ring is 1. The molecular formula is C10H13N5O2. The highest BCUT2D eigenvalue weighted by Crippen LogP contribution is 2.19. The maximum atomic E-state index is 12.2. The molecule has 7 heteroatoms. The molecular weight excluding hydrogens is 222 g/mol. The van der Waals surface area contributed by atoms with Crippen LogP contribution in [0.25, 0.3) is 11.2 Å². The molecule has 2 aromatic rings. The second-order valence-electron chi connectivity index (χ2n) is 4.11. The average Bonchev–Trinajstić information content (AvgIpc) is 2.83. The van der Waals surface area contributed by atoms with Gasteiger partial charge in [-0.1, -0.05) is 0 Å². The molecule has 0 radical (unpaired) electrons. The van der Waals surface area contributed by atoms with Gasteiger partial charge in [0.25, 0.3) is 5.56 Å². The molecule has 0 spiro atoms. The lowest BCUT2D eigenvalue weighted by Gasteiger charge is -2.07. The van der Waals surface area contributed by atoms with Crippen LogP contribution in [0.15, 0.2) is 4.79 Å². The lowest BCUT2D eigenvalue weighted by atomic mass is 10.4. The zero-order valence-electron chi connectivity index (χ0n) is 9.26. The summed E-state index contributed by atoms with van der Waals surface area (Å²) in [6, 6.07) is 0. The fraction of sp³-hybridized carbons (Fsp3) is 0.500. The number of aliphatic hydroxyl groups is 1. The van der Waals surface area contributed by atoms with Gasteiger partial charge in [0.1, 0.15) is 5.82 Å². The van der Waals surface area contributed by atoms with Crippen molar-refractivity contribution in [1.29, 1.82) is 0 Å². The van der Waals surface area contributed by atoms with Crippen LogP contribution >= 0.6 is 0 Å². The first kappa shape index (κ1) is 10.3. The van der Waals surface area contributed by atoms with Gasteiger partial charge < -0.3 is 15.4 Å². The van der Waals surface area contributed by atoms with Crippen LogP contribution in [0.1, 0.15) is 12.2 Å². The van der Waals surface area contributed by atoms with E-state index in [1.54, 1.807) is 0 Å². The Kier molecular flexibility index (Phi) is 2.15. The zero-order chi connectivity index (χ0) is 12.0. The third kappa shape index (κ3) is 1.35. The summed E-state index contributed by atoms with van der Waals surface area (Å²) in [4.78, 5) is 20.7. The van der Waals surface area contributed by atoms with Gasteiger partial charge in [-0.2, -0.15) is 4.98 Å². The number of imidazole rings is 1. The smallest absolute Gasteiger partial charge is 0.281 e. The second-order valence-corrected chi connectivity index (χ2v) is 4.11. The van der Waals surface area contributed by atoms with Gasteiger partial charge in [-0.15, -0.1) is 0 Å². The quantitative estimate of drug-likeness (QED) is 0.703. The first-order chi connectivity index (χ1) is 8.22. The molecule has 7 nitrogen and oxygen atoms in total. The Hall–Kier alpha value is -1.89. The van der Waals surface area contributed by atoms with E-state index in [0.29, 0.717) is 11.2 Å². The van der Waals surface area contributed by atoms with E-state index in [0.717, 1.165) is 25.2 Å². The monoisotopic (exact) mass is 235 g/mol. The number of aromatic nitrogens is 4. The van der Waals surface area contributed by atoms with Crippen molar-refractivity contribution in [2.24, 2.45) is 0 Å². The Morgan fingerprint density at radius 3 is 3.00 bits per heavy atom. The van der Waals surface area contributed by atoms with E-state index in [1.807, 2.05) is 4.57 Å². The number of hydrogen-bond acceptors (Lipinski definition) is 5. The molecule has 3 heterocycles. The summed E-state index contributed by atoms with van der Waals surface area (Å²) in [5.74, 6) is 0.999. The van der Waals surface area contributed by atoms with E-state index in [-0.39, 0.29) is 24.7 Å². The Bertz CT molecular complexity index is 642. The second kappa shape index (κ2) is 3.56. The van der Waals surface area contributed by atoms with Crippen molar-refractivity contribution in [3.63, 3.8) is 0 Å². The zero-order valence-corrected chi connectivity index (χ0v) is 9.26. The highest BCUT2D eigenvalue weighted by Gasteiger charge is 2.21. The third-order valence-electron chi connectivity index (χ3n) is 3.08. The lowest BCUT2D eigenvalue weighted by Crippen LogP contribution is -2.27. The molecule has 2 aromatic heterocycles. The summed E-state index contributed by atoms with van der Waals surface area (Å²) < 4.78 is 3.19. The number of fused-ring (bicyclic) bond motifs is 3. The minimum Gasteiger partial charge on any atom is -0.395 e. The van der Waals surface area contributed by atoms with E-state index in [2.05, 4.69) is 9.97 Å². The minimum atomic E-state index is -0.220.